The molecule has 0 radical (unpaired) electrons. The molecule has 4 rings (SSSR count). The molecule has 1 unspecified atom stereocenters. The molecule has 1 aromatic rings. The molecule has 7 heteroatoms. The lowest BCUT2D eigenvalue weighted by Gasteiger charge is -2.32. The van der Waals surface area contributed by atoms with Crippen molar-refractivity contribution in [2.45, 2.75) is 70.7 Å². The van der Waals surface area contributed by atoms with Crippen LogP contribution in [0.1, 0.15) is 51.7 Å². The number of benzene rings is 1. The summed E-state index contributed by atoms with van der Waals surface area (Å²) in [4.78, 5) is 13.8. The smallest absolute Gasteiger partial charge is 0.399 e. The molecule has 1 aromatic carbocycles. The summed E-state index contributed by atoms with van der Waals surface area (Å²) in [6.07, 6.45) is 2.52. The van der Waals surface area contributed by atoms with Crippen molar-refractivity contribution in [3.8, 4) is 0 Å². The molecule has 27 heavy (non-hydrogen) atoms. The first kappa shape index (κ1) is 19.3. The first-order chi connectivity index (χ1) is 12.6. The third-order valence-electron chi connectivity index (χ3n) is 6.48. The molecule has 0 aromatic heterocycles. The van der Waals surface area contributed by atoms with Crippen molar-refractivity contribution in [1.82, 2.24) is 10.2 Å². The summed E-state index contributed by atoms with van der Waals surface area (Å²) >= 11 is 6.67. The molecule has 0 bridgehead atoms. The molecule has 1 N–H and O–H groups in total. The predicted octanol–water partition coefficient (Wildman–Crippen LogP) is 2.28. The van der Waals surface area contributed by atoms with E-state index in [4.69, 9.17) is 20.9 Å². The lowest BCUT2D eigenvalue weighted by molar-refractivity contribution is -0.119. The SMILES string of the molecule is CC1(C)OB(c2cc(Cl)c3c(c2)CCN(CC2CCC(=O)N2)C3)OC1(C)C. The highest BCUT2D eigenvalue weighted by atomic mass is 35.5. The average Bonchev–Trinajstić information content (AvgIpc) is 3.08. The highest BCUT2D eigenvalue weighted by Gasteiger charge is 2.51. The fourth-order valence-electron chi connectivity index (χ4n) is 4.10. The van der Waals surface area contributed by atoms with Crippen LogP contribution in [-0.2, 0) is 27.1 Å². The first-order valence-electron chi connectivity index (χ1n) is 9.83. The van der Waals surface area contributed by atoms with Gasteiger partial charge in [0.2, 0.25) is 5.91 Å². The summed E-state index contributed by atoms with van der Waals surface area (Å²) in [5.74, 6) is 0.169. The number of carbonyl (C=O) groups is 1. The highest BCUT2D eigenvalue weighted by molar-refractivity contribution is 6.62. The van der Waals surface area contributed by atoms with Crippen LogP contribution in [0.2, 0.25) is 5.02 Å². The molecule has 1 atom stereocenters. The Labute approximate surface area is 166 Å². The largest absolute Gasteiger partial charge is 0.494 e. The van der Waals surface area contributed by atoms with Crippen molar-refractivity contribution in [2.24, 2.45) is 0 Å². The Balaban J connectivity index is 1.49. The zero-order valence-electron chi connectivity index (χ0n) is 16.6. The number of hydrogen-bond acceptors (Lipinski definition) is 4. The zero-order valence-corrected chi connectivity index (χ0v) is 17.4. The second kappa shape index (κ2) is 6.76. The number of rotatable bonds is 3. The van der Waals surface area contributed by atoms with Gasteiger partial charge < -0.3 is 14.6 Å². The van der Waals surface area contributed by atoms with E-state index in [1.165, 1.54) is 11.1 Å². The maximum absolute atomic E-state index is 11.4. The summed E-state index contributed by atoms with van der Waals surface area (Å²) in [6, 6.07) is 4.45. The predicted molar refractivity (Wildman–Crippen MR) is 107 cm³/mol. The molecular weight excluding hydrogens is 362 g/mol. The van der Waals surface area contributed by atoms with E-state index in [9.17, 15) is 4.79 Å². The number of halogens is 1. The van der Waals surface area contributed by atoms with Crippen molar-refractivity contribution in [3.05, 3.63) is 28.3 Å². The van der Waals surface area contributed by atoms with E-state index in [-0.39, 0.29) is 30.3 Å². The summed E-state index contributed by atoms with van der Waals surface area (Å²) in [5, 5.41) is 3.83. The number of nitrogens with one attached hydrogen (secondary N) is 1. The molecule has 0 spiro atoms. The summed E-state index contributed by atoms with van der Waals surface area (Å²) in [5.41, 5.74) is 2.74. The van der Waals surface area contributed by atoms with Crippen LogP contribution in [0.4, 0.5) is 0 Å². The highest BCUT2D eigenvalue weighted by Crippen LogP contribution is 2.37. The van der Waals surface area contributed by atoms with Gasteiger partial charge in [0.25, 0.3) is 0 Å². The number of fused-ring (bicyclic) bond motifs is 1. The minimum atomic E-state index is -0.385. The van der Waals surface area contributed by atoms with Gasteiger partial charge in [0.1, 0.15) is 0 Å². The maximum Gasteiger partial charge on any atom is 0.494 e. The molecular formula is C20H28BClN2O3. The average molecular weight is 391 g/mol. The molecule has 3 aliphatic heterocycles. The van der Waals surface area contributed by atoms with Gasteiger partial charge in [-0.2, -0.15) is 0 Å². The second-order valence-electron chi connectivity index (χ2n) is 9.02. The Bertz CT molecular complexity index is 752. The third kappa shape index (κ3) is 3.65. The second-order valence-corrected chi connectivity index (χ2v) is 9.42. The molecule has 0 saturated carbocycles. The number of amides is 1. The molecule has 0 aliphatic carbocycles. The van der Waals surface area contributed by atoms with Gasteiger partial charge in [0.15, 0.2) is 0 Å². The van der Waals surface area contributed by atoms with E-state index in [2.05, 4.69) is 44.0 Å². The first-order valence-corrected chi connectivity index (χ1v) is 10.2. The molecule has 146 valence electrons. The van der Waals surface area contributed by atoms with Gasteiger partial charge in [-0.25, -0.2) is 0 Å². The standard InChI is InChI=1S/C20H28BClN2O3/c1-19(2)20(3,4)27-21(26-19)14-9-13-7-8-24(12-16(13)17(22)10-14)11-15-5-6-18(25)23-15/h9-10,15H,5-8,11-12H2,1-4H3,(H,23,25). The molecule has 3 aliphatic rings. The van der Waals surface area contributed by atoms with Crippen LogP contribution in [0.15, 0.2) is 12.1 Å². The van der Waals surface area contributed by atoms with Crippen LogP contribution < -0.4 is 10.8 Å². The molecule has 1 amide bonds. The van der Waals surface area contributed by atoms with E-state index in [0.29, 0.717) is 6.42 Å². The van der Waals surface area contributed by atoms with Crippen LogP contribution in [0.5, 0.6) is 0 Å². The Morgan fingerprint density at radius 2 is 1.93 bits per heavy atom. The Hall–Kier alpha value is -1.08. The molecule has 5 nitrogen and oxygen atoms in total. The van der Waals surface area contributed by atoms with E-state index in [0.717, 1.165) is 43.0 Å². The Morgan fingerprint density at radius 3 is 2.56 bits per heavy atom. The molecule has 3 heterocycles. The van der Waals surface area contributed by atoms with Gasteiger partial charge in [-0.05, 0) is 63.2 Å². The van der Waals surface area contributed by atoms with Gasteiger partial charge in [-0.3, -0.25) is 9.69 Å². The topological polar surface area (TPSA) is 50.8 Å². The third-order valence-corrected chi connectivity index (χ3v) is 6.82. The van der Waals surface area contributed by atoms with E-state index < -0.39 is 0 Å². The summed E-state index contributed by atoms with van der Waals surface area (Å²) in [6.45, 7) is 10.9. The van der Waals surface area contributed by atoms with Gasteiger partial charge in [0, 0.05) is 37.1 Å². The van der Waals surface area contributed by atoms with E-state index in [1.54, 1.807) is 0 Å². The van der Waals surface area contributed by atoms with E-state index >= 15 is 0 Å². The van der Waals surface area contributed by atoms with E-state index in [1.807, 2.05) is 6.07 Å². The molecule has 2 saturated heterocycles. The van der Waals surface area contributed by atoms with Crippen LogP contribution in [-0.4, -0.2) is 48.3 Å². The lowest BCUT2D eigenvalue weighted by atomic mass is 9.77. The minimum absolute atomic E-state index is 0.169. The fourth-order valence-corrected chi connectivity index (χ4v) is 4.40. The number of carbonyl (C=O) groups excluding carboxylic acids is 1. The summed E-state index contributed by atoms with van der Waals surface area (Å²) in [7, 11) is -0.385. The number of hydrogen-bond donors (Lipinski definition) is 1. The lowest BCUT2D eigenvalue weighted by Crippen LogP contribution is -2.42. The fraction of sp³-hybridized carbons (Fsp3) is 0.650. The van der Waals surface area contributed by atoms with Crippen molar-refractivity contribution in [2.75, 3.05) is 13.1 Å². The maximum atomic E-state index is 11.4. The quantitative estimate of drug-likeness (QED) is 0.805. The Kier molecular flexibility index (Phi) is 4.82. The normalized spacial score (nSPS) is 26.9. The van der Waals surface area contributed by atoms with Gasteiger partial charge >= 0.3 is 7.12 Å². The number of nitrogens with zero attached hydrogens (tertiary/aromatic N) is 1. The van der Waals surface area contributed by atoms with Crippen LogP contribution >= 0.6 is 11.6 Å². The van der Waals surface area contributed by atoms with Gasteiger partial charge in [0.05, 0.1) is 11.2 Å². The zero-order chi connectivity index (χ0) is 19.4. The van der Waals surface area contributed by atoms with Crippen molar-refractivity contribution >= 4 is 30.1 Å². The minimum Gasteiger partial charge on any atom is -0.399 e. The van der Waals surface area contributed by atoms with Gasteiger partial charge in [-0.1, -0.05) is 17.7 Å². The van der Waals surface area contributed by atoms with Gasteiger partial charge in [-0.15, -0.1) is 0 Å². The Morgan fingerprint density at radius 1 is 1.22 bits per heavy atom. The van der Waals surface area contributed by atoms with Crippen LogP contribution in [0.25, 0.3) is 0 Å². The van der Waals surface area contributed by atoms with Crippen molar-refractivity contribution in [3.63, 3.8) is 0 Å². The monoisotopic (exact) mass is 390 g/mol. The van der Waals surface area contributed by atoms with Crippen molar-refractivity contribution in [1.29, 1.82) is 0 Å². The van der Waals surface area contributed by atoms with Crippen LogP contribution in [0, 0.1) is 0 Å². The van der Waals surface area contributed by atoms with Crippen LogP contribution in [0.3, 0.4) is 0 Å². The molecule has 2 fully saturated rings. The summed E-state index contributed by atoms with van der Waals surface area (Å²) < 4.78 is 12.4. The van der Waals surface area contributed by atoms with Crippen molar-refractivity contribution < 1.29 is 14.1 Å².